The van der Waals surface area contributed by atoms with Gasteiger partial charge < -0.3 is 9.38 Å². The van der Waals surface area contributed by atoms with Gasteiger partial charge in [0.05, 0.1) is 21.1 Å². The molecule has 2 N–H and O–H groups in total. The van der Waals surface area contributed by atoms with Crippen molar-refractivity contribution >= 4 is 7.75 Å². The quantitative estimate of drug-likeness (QED) is 0.571. The molecule has 0 radical (unpaired) electrons. The van der Waals surface area contributed by atoms with Gasteiger partial charge in [0.2, 0.25) is 0 Å². The van der Waals surface area contributed by atoms with Gasteiger partial charge in [-0.25, -0.2) is 9.65 Å². The van der Waals surface area contributed by atoms with Crippen molar-refractivity contribution < 1.29 is 18.5 Å². The van der Waals surface area contributed by atoms with Gasteiger partial charge in [0.15, 0.2) is 0 Å². The predicted molar refractivity (Wildman–Crippen MR) is 86.0 cm³/mol. The summed E-state index contributed by atoms with van der Waals surface area (Å²) in [5, 5.41) is 2.75. The topological polar surface area (TPSA) is 58.6 Å². The predicted octanol–water partition coefficient (Wildman–Crippen LogP) is 2.42. The van der Waals surface area contributed by atoms with Gasteiger partial charge in [-0.1, -0.05) is 30.3 Å². The van der Waals surface area contributed by atoms with Crippen LogP contribution in [-0.2, 0) is 15.5 Å². The highest BCUT2D eigenvalue weighted by atomic mass is 31.2. The van der Waals surface area contributed by atoms with Gasteiger partial charge in [0, 0.05) is 5.54 Å². The Morgan fingerprint density at radius 1 is 1.24 bits per heavy atom. The molecule has 1 aromatic rings. The molecule has 0 fully saturated rings. The number of hydrogen-bond acceptors (Lipinski definition) is 2. The van der Waals surface area contributed by atoms with Gasteiger partial charge in [-0.05, 0) is 25.8 Å². The van der Waals surface area contributed by atoms with Crippen LogP contribution >= 0.6 is 7.75 Å². The Labute approximate surface area is 128 Å². The molecule has 21 heavy (non-hydrogen) atoms. The number of nitrogens with one attached hydrogen (secondary N) is 1. The fourth-order valence-electron chi connectivity index (χ4n) is 2.00. The van der Waals surface area contributed by atoms with Crippen molar-refractivity contribution in [1.82, 2.24) is 5.09 Å². The third-order valence-electron chi connectivity index (χ3n) is 2.96. The molecule has 0 spiro atoms. The molecule has 1 unspecified atom stereocenters. The molecule has 0 saturated carbocycles. The van der Waals surface area contributed by atoms with Crippen LogP contribution in [0, 0.1) is 0 Å². The number of hydrogen-bond donors (Lipinski definition) is 2. The van der Waals surface area contributed by atoms with E-state index in [1.165, 1.54) is 0 Å². The summed E-state index contributed by atoms with van der Waals surface area (Å²) in [6, 6.07) is 9.88. The monoisotopic (exact) mass is 315 g/mol. The first-order chi connectivity index (χ1) is 9.49. The third kappa shape index (κ3) is 8.34. The fraction of sp³-hybridized carbons (Fsp3) is 0.600. The summed E-state index contributed by atoms with van der Waals surface area (Å²) in [6.07, 6.45) is 0.650. The van der Waals surface area contributed by atoms with E-state index in [2.05, 4.69) is 5.09 Å². The zero-order chi connectivity index (χ0) is 16.1. The van der Waals surface area contributed by atoms with Gasteiger partial charge in [0.1, 0.15) is 13.2 Å². The molecular formula is C15H28N2O3P+. The maximum Gasteiger partial charge on any atom is 0.403 e. The standard InChI is InChI=1S/C15H27N2O3P/c1-15(2,13-14-9-7-6-8-10-14)16-21(18,19)20-12-11-17(3,4)5/h6-10H,11-13H2,1-5H3,(H-,16,18,19)/p+1. The van der Waals surface area contributed by atoms with Crippen molar-refractivity contribution in [2.45, 2.75) is 25.8 Å². The maximum atomic E-state index is 12.1. The van der Waals surface area contributed by atoms with Crippen molar-refractivity contribution in [1.29, 1.82) is 0 Å². The lowest BCUT2D eigenvalue weighted by Gasteiger charge is -2.29. The molecule has 0 aliphatic heterocycles. The number of benzene rings is 1. The summed E-state index contributed by atoms with van der Waals surface area (Å²) in [5.41, 5.74) is 0.587. The van der Waals surface area contributed by atoms with Crippen molar-refractivity contribution in [3.63, 3.8) is 0 Å². The van der Waals surface area contributed by atoms with Crippen LogP contribution in [0.3, 0.4) is 0 Å². The lowest BCUT2D eigenvalue weighted by Crippen LogP contribution is -2.41. The molecule has 5 nitrogen and oxygen atoms in total. The molecular weight excluding hydrogens is 287 g/mol. The molecule has 120 valence electrons. The van der Waals surface area contributed by atoms with E-state index in [-0.39, 0.29) is 6.61 Å². The summed E-state index contributed by atoms with van der Waals surface area (Å²) in [5.74, 6) is 0. The minimum atomic E-state index is -3.80. The Bertz CT molecular complexity index is 483. The second kappa shape index (κ2) is 7.03. The molecule has 0 bridgehead atoms. The largest absolute Gasteiger partial charge is 0.403 e. The van der Waals surface area contributed by atoms with Crippen molar-refractivity contribution in [3.05, 3.63) is 35.9 Å². The first kappa shape index (κ1) is 18.3. The van der Waals surface area contributed by atoms with Crippen LogP contribution in [0.4, 0.5) is 0 Å². The van der Waals surface area contributed by atoms with Gasteiger partial charge in [-0.15, -0.1) is 0 Å². The normalized spacial score (nSPS) is 15.7. The average Bonchev–Trinajstić information content (AvgIpc) is 2.25. The molecule has 1 rings (SSSR count). The van der Waals surface area contributed by atoms with E-state index in [4.69, 9.17) is 4.52 Å². The zero-order valence-electron chi connectivity index (χ0n) is 13.7. The number of quaternary nitrogens is 1. The fourth-order valence-corrected chi connectivity index (χ4v) is 3.24. The van der Waals surface area contributed by atoms with Crippen molar-refractivity contribution in [2.24, 2.45) is 0 Å². The Balaban J connectivity index is 2.54. The van der Waals surface area contributed by atoms with Crippen LogP contribution in [0.15, 0.2) is 30.3 Å². The first-order valence-electron chi connectivity index (χ1n) is 7.10. The van der Waals surface area contributed by atoms with Crippen LogP contribution in [0.2, 0.25) is 0 Å². The van der Waals surface area contributed by atoms with Gasteiger partial charge >= 0.3 is 7.75 Å². The van der Waals surface area contributed by atoms with Crippen LogP contribution in [0.25, 0.3) is 0 Å². The minimum Gasteiger partial charge on any atom is -0.329 e. The summed E-state index contributed by atoms with van der Waals surface area (Å²) in [6.45, 7) is 4.70. The Morgan fingerprint density at radius 2 is 1.81 bits per heavy atom. The lowest BCUT2D eigenvalue weighted by atomic mass is 9.96. The second-order valence-electron chi connectivity index (χ2n) is 7.03. The Hall–Kier alpha value is -0.710. The number of nitrogens with zero attached hydrogens (tertiary/aromatic N) is 1. The molecule has 0 heterocycles. The molecule has 0 aromatic heterocycles. The molecule has 0 aliphatic carbocycles. The molecule has 0 aliphatic rings. The van der Waals surface area contributed by atoms with E-state index in [1.807, 2.05) is 65.3 Å². The second-order valence-corrected chi connectivity index (χ2v) is 8.55. The highest BCUT2D eigenvalue weighted by Crippen LogP contribution is 2.40. The van der Waals surface area contributed by atoms with Crippen LogP contribution in [0.1, 0.15) is 19.4 Å². The molecule has 0 amide bonds. The summed E-state index contributed by atoms with van der Waals surface area (Å²) < 4.78 is 18.0. The smallest absolute Gasteiger partial charge is 0.329 e. The summed E-state index contributed by atoms with van der Waals surface area (Å²) >= 11 is 0. The van der Waals surface area contributed by atoms with Crippen LogP contribution in [0.5, 0.6) is 0 Å². The lowest BCUT2D eigenvalue weighted by molar-refractivity contribution is -0.870. The van der Waals surface area contributed by atoms with Crippen LogP contribution in [-0.4, -0.2) is 49.2 Å². The number of likely N-dealkylation sites (N-methyl/N-ethyl adjacent to an activating group) is 1. The SMILES string of the molecule is CC(C)(Cc1ccccc1)NP(=O)(O)OCC[N+](C)(C)C. The van der Waals surface area contributed by atoms with E-state index in [9.17, 15) is 9.46 Å². The average molecular weight is 315 g/mol. The van der Waals surface area contributed by atoms with Crippen LogP contribution < -0.4 is 5.09 Å². The van der Waals surface area contributed by atoms with Gasteiger partial charge in [-0.3, -0.25) is 4.52 Å². The molecule has 1 aromatic carbocycles. The highest BCUT2D eigenvalue weighted by Gasteiger charge is 2.30. The molecule has 6 heteroatoms. The zero-order valence-corrected chi connectivity index (χ0v) is 14.6. The van der Waals surface area contributed by atoms with E-state index < -0.39 is 13.3 Å². The van der Waals surface area contributed by atoms with E-state index in [1.54, 1.807) is 0 Å². The van der Waals surface area contributed by atoms with E-state index in [0.717, 1.165) is 5.56 Å². The van der Waals surface area contributed by atoms with E-state index in [0.29, 0.717) is 17.4 Å². The van der Waals surface area contributed by atoms with E-state index >= 15 is 0 Å². The molecule has 0 saturated heterocycles. The van der Waals surface area contributed by atoms with Gasteiger partial charge in [-0.2, -0.15) is 0 Å². The summed E-state index contributed by atoms with van der Waals surface area (Å²) in [4.78, 5) is 9.94. The highest BCUT2D eigenvalue weighted by molar-refractivity contribution is 7.50. The first-order valence-corrected chi connectivity index (χ1v) is 8.68. The third-order valence-corrected chi connectivity index (χ3v) is 4.38. The Morgan fingerprint density at radius 3 is 2.33 bits per heavy atom. The minimum absolute atomic E-state index is 0.242. The van der Waals surface area contributed by atoms with Crippen molar-refractivity contribution in [2.75, 3.05) is 34.3 Å². The number of rotatable bonds is 8. The maximum absolute atomic E-state index is 12.1. The molecule has 1 atom stereocenters. The Kier molecular flexibility index (Phi) is 6.14. The van der Waals surface area contributed by atoms with Crippen molar-refractivity contribution in [3.8, 4) is 0 Å². The van der Waals surface area contributed by atoms with Gasteiger partial charge in [0.25, 0.3) is 0 Å². The summed E-state index contributed by atoms with van der Waals surface area (Å²) in [7, 11) is 2.24.